The van der Waals surface area contributed by atoms with E-state index < -0.39 is 0 Å². The Hall–Kier alpha value is -1.88. The molecule has 0 aliphatic carbocycles. The highest BCUT2D eigenvalue weighted by atomic mass is 16.5. The van der Waals surface area contributed by atoms with Gasteiger partial charge in [-0.05, 0) is 31.5 Å². The molecule has 0 amide bonds. The average Bonchev–Trinajstić information content (AvgIpc) is 2.82. The SMILES string of the molecule is COc1ccc(Cc2c(CO)nnn2C(C)C)cc1. The number of aromatic nitrogens is 3. The summed E-state index contributed by atoms with van der Waals surface area (Å²) in [6, 6.07) is 8.10. The first kappa shape index (κ1) is 13.5. The number of aliphatic hydroxyl groups is 1. The Balaban J connectivity index is 2.28. The third-order valence-corrected chi connectivity index (χ3v) is 3.04. The molecule has 1 aromatic heterocycles. The molecule has 19 heavy (non-hydrogen) atoms. The van der Waals surface area contributed by atoms with Crippen molar-refractivity contribution in [3.63, 3.8) is 0 Å². The fraction of sp³-hybridized carbons (Fsp3) is 0.429. The Morgan fingerprint density at radius 3 is 2.47 bits per heavy atom. The largest absolute Gasteiger partial charge is 0.497 e. The number of benzene rings is 1. The molecule has 1 aromatic carbocycles. The maximum Gasteiger partial charge on any atom is 0.118 e. The van der Waals surface area contributed by atoms with E-state index >= 15 is 0 Å². The lowest BCUT2D eigenvalue weighted by molar-refractivity contribution is 0.275. The molecule has 0 atom stereocenters. The molecule has 0 saturated carbocycles. The third-order valence-electron chi connectivity index (χ3n) is 3.04. The lowest BCUT2D eigenvalue weighted by Crippen LogP contribution is -2.09. The first-order chi connectivity index (χ1) is 9.15. The Kier molecular flexibility index (Phi) is 4.16. The summed E-state index contributed by atoms with van der Waals surface area (Å²) in [4.78, 5) is 0. The number of nitrogens with zero attached hydrogens (tertiary/aromatic N) is 3. The predicted octanol–water partition coefficient (Wildman–Crippen LogP) is 1.95. The summed E-state index contributed by atoms with van der Waals surface area (Å²) in [5, 5.41) is 17.5. The van der Waals surface area contributed by atoms with Crippen molar-refractivity contribution in [1.29, 1.82) is 0 Å². The second-order valence-electron chi connectivity index (χ2n) is 4.70. The molecule has 0 aliphatic rings. The van der Waals surface area contributed by atoms with Crippen LogP contribution in [0.4, 0.5) is 0 Å². The molecule has 2 rings (SSSR count). The number of ether oxygens (including phenoxy) is 1. The summed E-state index contributed by atoms with van der Waals surface area (Å²) in [6.07, 6.45) is 0.699. The fourth-order valence-corrected chi connectivity index (χ4v) is 2.00. The van der Waals surface area contributed by atoms with Crippen molar-refractivity contribution in [2.45, 2.75) is 32.9 Å². The second kappa shape index (κ2) is 5.84. The number of hydrogen-bond acceptors (Lipinski definition) is 4. The van der Waals surface area contributed by atoms with Crippen molar-refractivity contribution in [3.8, 4) is 5.75 Å². The van der Waals surface area contributed by atoms with Crippen LogP contribution >= 0.6 is 0 Å². The van der Waals surface area contributed by atoms with E-state index in [1.807, 2.05) is 42.8 Å². The third kappa shape index (κ3) is 2.93. The Bertz CT molecular complexity index is 532. The van der Waals surface area contributed by atoms with E-state index in [4.69, 9.17) is 4.74 Å². The van der Waals surface area contributed by atoms with Crippen molar-refractivity contribution in [2.75, 3.05) is 7.11 Å². The smallest absolute Gasteiger partial charge is 0.118 e. The van der Waals surface area contributed by atoms with Crippen LogP contribution in [0.2, 0.25) is 0 Å². The van der Waals surface area contributed by atoms with Crippen molar-refractivity contribution >= 4 is 0 Å². The summed E-state index contributed by atoms with van der Waals surface area (Å²) in [6.45, 7) is 4.01. The summed E-state index contributed by atoms with van der Waals surface area (Å²) < 4.78 is 7.00. The summed E-state index contributed by atoms with van der Waals surface area (Å²) in [5.74, 6) is 0.835. The topological polar surface area (TPSA) is 60.2 Å². The van der Waals surface area contributed by atoms with E-state index in [0.29, 0.717) is 12.1 Å². The van der Waals surface area contributed by atoms with Crippen molar-refractivity contribution in [1.82, 2.24) is 15.0 Å². The van der Waals surface area contributed by atoms with Gasteiger partial charge in [-0.25, -0.2) is 4.68 Å². The zero-order valence-electron chi connectivity index (χ0n) is 11.5. The summed E-state index contributed by atoms with van der Waals surface area (Å²) in [7, 11) is 1.65. The quantitative estimate of drug-likeness (QED) is 0.893. The lowest BCUT2D eigenvalue weighted by Gasteiger charge is -2.11. The molecule has 2 aromatic rings. The van der Waals surface area contributed by atoms with Crippen LogP contribution in [-0.2, 0) is 13.0 Å². The van der Waals surface area contributed by atoms with Crippen molar-refractivity contribution in [3.05, 3.63) is 41.2 Å². The standard InChI is InChI=1S/C14H19N3O2/c1-10(2)17-14(13(9-18)15-16-17)8-11-4-6-12(19-3)7-5-11/h4-7,10,18H,8-9H2,1-3H3. The zero-order chi connectivity index (χ0) is 13.8. The minimum absolute atomic E-state index is 0.0851. The predicted molar refractivity (Wildman–Crippen MR) is 72.1 cm³/mol. The van der Waals surface area contributed by atoms with Gasteiger partial charge in [0.05, 0.1) is 19.4 Å². The molecule has 5 nitrogen and oxygen atoms in total. The van der Waals surface area contributed by atoms with Crippen LogP contribution < -0.4 is 4.74 Å². The molecule has 0 radical (unpaired) electrons. The fourth-order valence-electron chi connectivity index (χ4n) is 2.00. The van der Waals surface area contributed by atoms with E-state index in [1.165, 1.54) is 0 Å². The number of methoxy groups -OCH3 is 1. The van der Waals surface area contributed by atoms with E-state index in [0.717, 1.165) is 17.0 Å². The maximum absolute atomic E-state index is 9.34. The van der Waals surface area contributed by atoms with Gasteiger partial charge in [-0.15, -0.1) is 5.10 Å². The van der Waals surface area contributed by atoms with Gasteiger partial charge < -0.3 is 9.84 Å². The van der Waals surface area contributed by atoms with E-state index in [9.17, 15) is 5.11 Å². The maximum atomic E-state index is 9.34. The molecule has 0 saturated heterocycles. The summed E-state index contributed by atoms with van der Waals surface area (Å²) in [5.41, 5.74) is 2.74. The number of aliphatic hydroxyl groups excluding tert-OH is 1. The summed E-state index contributed by atoms with van der Waals surface area (Å²) >= 11 is 0. The van der Waals surface area contributed by atoms with Crippen LogP contribution in [0.5, 0.6) is 5.75 Å². The van der Waals surface area contributed by atoms with E-state index in [2.05, 4.69) is 10.3 Å². The highest BCUT2D eigenvalue weighted by molar-refractivity contribution is 5.30. The van der Waals surface area contributed by atoms with Crippen LogP contribution in [-0.4, -0.2) is 27.2 Å². The molecule has 0 spiro atoms. The molecule has 1 heterocycles. The second-order valence-corrected chi connectivity index (χ2v) is 4.70. The lowest BCUT2D eigenvalue weighted by atomic mass is 10.1. The van der Waals surface area contributed by atoms with Crippen LogP contribution in [0.3, 0.4) is 0 Å². The van der Waals surface area contributed by atoms with E-state index in [1.54, 1.807) is 7.11 Å². The first-order valence-corrected chi connectivity index (χ1v) is 6.32. The molecule has 0 bridgehead atoms. The van der Waals surface area contributed by atoms with Gasteiger partial charge in [0.15, 0.2) is 0 Å². The molecular weight excluding hydrogens is 242 g/mol. The van der Waals surface area contributed by atoms with Gasteiger partial charge in [0.25, 0.3) is 0 Å². The minimum atomic E-state index is -0.0851. The highest BCUT2D eigenvalue weighted by Crippen LogP contribution is 2.18. The van der Waals surface area contributed by atoms with Crippen LogP contribution in [0, 0.1) is 0 Å². The first-order valence-electron chi connectivity index (χ1n) is 6.32. The van der Waals surface area contributed by atoms with Gasteiger partial charge in [-0.2, -0.15) is 0 Å². The van der Waals surface area contributed by atoms with Crippen LogP contribution in [0.25, 0.3) is 0 Å². The molecule has 102 valence electrons. The highest BCUT2D eigenvalue weighted by Gasteiger charge is 2.14. The van der Waals surface area contributed by atoms with Gasteiger partial charge in [-0.1, -0.05) is 17.3 Å². The Labute approximate surface area is 112 Å². The number of hydrogen-bond donors (Lipinski definition) is 1. The Morgan fingerprint density at radius 2 is 1.95 bits per heavy atom. The molecule has 0 aliphatic heterocycles. The van der Waals surface area contributed by atoms with Gasteiger partial charge in [0, 0.05) is 12.5 Å². The molecule has 0 unspecified atom stereocenters. The molecule has 1 N–H and O–H groups in total. The monoisotopic (exact) mass is 261 g/mol. The Morgan fingerprint density at radius 1 is 1.26 bits per heavy atom. The van der Waals surface area contributed by atoms with Crippen molar-refractivity contribution < 1.29 is 9.84 Å². The van der Waals surface area contributed by atoms with E-state index in [-0.39, 0.29) is 12.6 Å². The molecule has 5 heteroatoms. The van der Waals surface area contributed by atoms with Crippen LogP contribution in [0.1, 0.15) is 36.8 Å². The van der Waals surface area contributed by atoms with Crippen molar-refractivity contribution in [2.24, 2.45) is 0 Å². The number of rotatable bonds is 5. The molecular formula is C14H19N3O2. The van der Waals surface area contributed by atoms with Gasteiger partial charge >= 0.3 is 0 Å². The average molecular weight is 261 g/mol. The van der Waals surface area contributed by atoms with Gasteiger partial charge in [0.1, 0.15) is 11.4 Å². The molecule has 0 fully saturated rings. The zero-order valence-corrected chi connectivity index (χ0v) is 11.5. The normalized spacial score (nSPS) is 11.0. The van der Waals surface area contributed by atoms with Crippen LogP contribution in [0.15, 0.2) is 24.3 Å². The minimum Gasteiger partial charge on any atom is -0.497 e. The van der Waals surface area contributed by atoms with Gasteiger partial charge in [-0.3, -0.25) is 0 Å². The van der Waals surface area contributed by atoms with Gasteiger partial charge in [0.2, 0.25) is 0 Å².